The Labute approximate surface area is 243 Å². The van der Waals surface area contributed by atoms with E-state index in [4.69, 9.17) is 9.47 Å². The lowest BCUT2D eigenvalue weighted by Crippen LogP contribution is -2.39. The molecular weight excluding hydrogens is 633 g/mol. The number of carbonyl (C=O) groups excluding carboxylic acids is 2. The number of ketones is 2. The zero-order valence-electron chi connectivity index (χ0n) is 21.9. The van der Waals surface area contributed by atoms with Crippen molar-refractivity contribution in [2.24, 2.45) is 0 Å². The van der Waals surface area contributed by atoms with E-state index in [0.29, 0.717) is 39.7 Å². The van der Waals surface area contributed by atoms with Crippen LogP contribution in [0.2, 0.25) is 0 Å². The number of non-ortho nitro benzene ring substituents is 1. The number of allylic oxidation sites excluding steroid dienone is 4. The molecule has 1 heterocycles. The van der Waals surface area contributed by atoms with E-state index in [0.717, 1.165) is 49.2 Å². The first-order valence-electron chi connectivity index (χ1n) is 12.9. The van der Waals surface area contributed by atoms with E-state index < -0.39 is 27.1 Å². The van der Waals surface area contributed by atoms with Crippen molar-refractivity contribution in [3.05, 3.63) is 82.2 Å². The molecule has 1 aliphatic heterocycles. The molecule has 0 aromatic heterocycles. The standard InChI is InChI=1S/C28H26IN3O8/c1-3-30-18-6-4-8-21(33)26(18)25(27-19(30)7-5-9-22(27)34)15-12-17(29)28(24(13-15)39-2)40-23-11-10-16(31(35)36)14-20(23)32(37)38/h10-14,25H,3-9H2,1-2H3. The van der Waals surface area contributed by atoms with Crippen LogP contribution in [0, 0.1) is 23.8 Å². The topological polar surface area (TPSA) is 142 Å². The highest BCUT2D eigenvalue weighted by Gasteiger charge is 2.43. The van der Waals surface area contributed by atoms with Crippen LogP contribution < -0.4 is 9.47 Å². The van der Waals surface area contributed by atoms with Gasteiger partial charge < -0.3 is 14.4 Å². The predicted octanol–water partition coefficient (Wildman–Crippen LogP) is 6.34. The van der Waals surface area contributed by atoms with E-state index in [1.807, 2.05) is 29.5 Å². The summed E-state index contributed by atoms with van der Waals surface area (Å²) in [6, 6.07) is 6.66. The Bertz CT molecular complexity index is 1490. The number of ether oxygens (including phenoxy) is 2. The van der Waals surface area contributed by atoms with Gasteiger partial charge in [-0.25, -0.2) is 0 Å². The molecule has 40 heavy (non-hydrogen) atoms. The summed E-state index contributed by atoms with van der Waals surface area (Å²) in [5.41, 5.74) is 2.97. The molecule has 0 radical (unpaired) electrons. The first kappa shape index (κ1) is 27.7. The number of benzene rings is 2. The van der Waals surface area contributed by atoms with Gasteiger partial charge in [-0.15, -0.1) is 0 Å². The van der Waals surface area contributed by atoms with Gasteiger partial charge in [-0.1, -0.05) is 0 Å². The Kier molecular flexibility index (Phi) is 7.62. The van der Waals surface area contributed by atoms with Gasteiger partial charge in [0, 0.05) is 53.9 Å². The van der Waals surface area contributed by atoms with Crippen molar-refractivity contribution in [3.8, 4) is 17.2 Å². The zero-order chi connectivity index (χ0) is 28.7. The van der Waals surface area contributed by atoms with Gasteiger partial charge in [0.15, 0.2) is 23.1 Å². The lowest BCUT2D eigenvalue weighted by molar-refractivity contribution is -0.394. The van der Waals surface area contributed by atoms with Gasteiger partial charge in [0.05, 0.1) is 26.6 Å². The number of carbonyl (C=O) groups is 2. The third-order valence-electron chi connectivity index (χ3n) is 7.55. The molecule has 2 aliphatic carbocycles. The first-order chi connectivity index (χ1) is 19.2. The van der Waals surface area contributed by atoms with Crippen LogP contribution in [0.4, 0.5) is 11.4 Å². The second kappa shape index (κ2) is 11.0. The number of halogens is 1. The van der Waals surface area contributed by atoms with Gasteiger partial charge in [-0.3, -0.25) is 29.8 Å². The summed E-state index contributed by atoms with van der Waals surface area (Å²) >= 11 is 2.03. The molecule has 5 rings (SSSR count). The zero-order valence-corrected chi connectivity index (χ0v) is 24.1. The summed E-state index contributed by atoms with van der Waals surface area (Å²) < 4.78 is 12.1. The van der Waals surface area contributed by atoms with Crippen molar-refractivity contribution in [1.29, 1.82) is 0 Å². The van der Waals surface area contributed by atoms with Gasteiger partial charge in [0.25, 0.3) is 5.69 Å². The maximum absolute atomic E-state index is 13.4. The number of nitro groups is 2. The maximum Gasteiger partial charge on any atom is 0.318 e. The molecule has 0 saturated carbocycles. The molecule has 208 valence electrons. The molecule has 11 nitrogen and oxygen atoms in total. The smallest absolute Gasteiger partial charge is 0.318 e. The molecule has 0 N–H and O–H groups in total. The van der Waals surface area contributed by atoms with Crippen molar-refractivity contribution in [1.82, 2.24) is 4.90 Å². The monoisotopic (exact) mass is 659 g/mol. The van der Waals surface area contributed by atoms with Crippen molar-refractivity contribution in [2.45, 2.75) is 51.4 Å². The normalized spacial score (nSPS) is 17.5. The van der Waals surface area contributed by atoms with Gasteiger partial charge in [-0.2, -0.15) is 0 Å². The van der Waals surface area contributed by atoms with E-state index in [1.54, 1.807) is 12.1 Å². The number of nitro benzene ring substituents is 2. The summed E-state index contributed by atoms with van der Waals surface area (Å²) in [7, 11) is 1.43. The Hall–Kier alpha value is -3.81. The highest BCUT2D eigenvalue weighted by Crippen LogP contribution is 2.51. The van der Waals surface area contributed by atoms with E-state index in [2.05, 4.69) is 4.90 Å². The molecule has 0 fully saturated rings. The second-order valence-corrected chi connectivity index (χ2v) is 10.9. The molecular formula is C28H26IN3O8. The van der Waals surface area contributed by atoms with Gasteiger partial charge in [-0.05, 0) is 79.0 Å². The van der Waals surface area contributed by atoms with E-state index >= 15 is 0 Å². The fourth-order valence-corrected chi connectivity index (χ4v) is 6.63. The minimum Gasteiger partial charge on any atom is -0.493 e. The minimum absolute atomic E-state index is 0.0328. The largest absolute Gasteiger partial charge is 0.493 e. The van der Waals surface area contributed by atoms with Crippen LogP contribution in [0.5, 0.6) is 17.2 Å². The van der Waals surface area contributed by atoms with Crippen LogP contribution in [0.1, 0.15) is 56.9 Å². The Morgan fingerprint density at radius 2 is 1.55 bits per heavy atom. The molecule has 0 atom stereocenters. The van der Waals surface area contributed by atoms with Crippen LogP contribution in [-0.4, -0.2) is 40.0 Å². The number of Topliss-reactive ketones (excluding diaryl/α,β-unsaturated/α-hetero) is 2. The molecule has 0 bridgehead atoms. The van der Waals surface area contributed by atoms with Gasteiger partial charge in [0.2, 0.25) is 5.75 Å². The number of nitrogens with zero attached hydrogens (tertiary/aromatic N) is 3. The third kappa shape index (κ3) is 4.73. The average Bonchev–Trinajstić information content (AvgIpc) is 2.93. The van der Waals surface area contributed by atoms with Crippen molar-refractivity contribution < 1.29 is 28.9 Å². The predicted molar refractivity (Wildman–Crippen MR) is 152 cm³/mol. The van der Waals surface area contributed by atoms with Crippen LogP contribution in [0.25, 0.3) is 0 Å². The molecule has 2 aromatic rings. The van der Waals surface area contributed by atoms with Gasteiger partial charge >= 0.3 is 5.69 Å². The molecule has 3 aliphatic rings. The van der Waals surface area contributed by atoms with Crippen molar-refractivity contribution in [3.63, 3.8) is 0 Å². The Morgan fingerprint density at radius 3 is 2.08 bits per heavy atom. The third-order valence-corrected chi connectivity index (χ3v) is 8.35. The van der Waals surface area contributed by atoms with Crippen LogP contribution in [0.3, 0.4) is 0 Å². The molecule has 0 spiro atoms. The van der Waals surface area contributed by atoms with Crippen LogP contribution in [-0.2, 0) is 9.59 Å². The maximum atomic E-state index is 13.4. The Morgan fingerprint density at radius 1 is 0.925 bits per heavy atom. The molecule has 12 heteroatoms. The van der Waals surface area contributed by atoms with Crippen molar-refractivity contribution >= 4 is 45.5 Å². The second-order valence-electron chi connectivity index (χ2n) is 9.75. The summed E-state index contributed by atoms with van der Waals surface area (Å²) in [5, 5.41) is 22.8. The summed E-state index contributed by atoms with van der Waals surface area (Å²) in [5.74, 6) is -0.225. The van der Waals surface area contributed by atoms with Gasteiger partial charge in [0.1, 0.15) is 0 Å². The highest BCUT2D eigenvalue weighted by atomic mass is 127. The van der Waals surface area contributed by atoms with Crippen LogP contribution >= 0.6 is 22.6 Å². The molecule has 0 amide bonds. The SMILES string of the molecule is CCN1C2=C(C(=O)CCC2)C(c2cc(I)c(Oc3ccc([N+](=O)[O-])cc3[N+](=O)[O-])c(OC)c2)C2=C1CCCC2=O. The van der Waals surface area contributed by atoms with E-state index in [9.17, 15) is 29.8 Å². The number of rotatable bonds is 7. The van der Waals surface area contributed by atoms with E-state index in [-0.39, 0.29) is 28.8 Å². The first-order valence-corrected chi connectivity index (χ1v) is 14.0. The minimum atomic E-state index is -0.747. The Balaban J connectivity index is 1.64. The lowest BCUT2D eigenvalue weighted by atomic mass is 9.71. The summed E-state index contributed by atoms with van der Waals surface area (Å²) in [6.45, 7) is 2.70. The summed E-state index contributed by atoms with van der Waals surface area (Å²) in [6.07, 6.45) is 3.88. The fourth-order valence-electron chi connectivity index (χ4n) is 5.90. The molecule has 2 aromatic carbocycles. The molecule has 0 unspecified atom stereocenters. The average molecular weight is 659 g/mol. The van der Waals surface area contributed by atoms with Crippen molar-refractivity contribution in [2.75, 3.05) is 13.7 Å². The highest BCUT2D eigenvalue weighted by molar-refractivity contribution is 14.1. The van der Waals surface area contributed by atoms with E-state index in [1.165, 1.54) is 13.2 Å². The summed E-state index contributed by atoms with van der Waals surface area (Å²) in [4.78, 5) is 50.3. The van der Waals surface area contributed by atoms with Crippen LogP contribution in [0.15, 0.2) is 52.9 Å². The number of methoxy groups -OCH3 is 1. The molecule has 0 saturated heterocycles. The number of hydrogen-bond acceptors (Lipinski definition) is 9. The number of hydrogen-bond donors (Lipinski definition) is 0. The fraction of sp³-hybridized carbons (Fsp3) is 0.357. The lowest BCUT2D eigenvalue weighted by Gasteiger charge is -2.43. The quantitative estimate of drug-likeness (QED) is 0.189.